The van der Waals surface area contributed by atoms with E-state index in [9.17, 15) is 9.18 Å². The molecule has 0 bridgehead atoms. The quantitative estimate of drug-likeness (QED) is 0.630. The van der Waals surface area contributed by atoms with Crippen molar-refractivity contribution in [2.45, 2.75) is 6.92 Å². The molecule has 22 heavy (non-hydrogen) atoms. The molecule has 0 saturated carbocycles. The second-order valence-corrected chi connectivity index (χ2v) is 5.52. The van der Waals surface area contributed by atoms with Gasteiger partial charge in [0.05, 0.1) is 12.3 Å². The van der Waals surface area contributed by atoms with Crippen LogP contribution < -0.4 is 10.7 Å². The number of amides is 1. The standard InChI is InChI=1S/C16H15BrFN3O/c1-11(12-2-4-13(17)5-3-12)20-21-16(22)10-19-15-8-6-14(18)7-9-15/h2-9,19H,10H2,1H3,(H,21,22)/b20-11+. The first kappa shape index (κ1) is 16.2. The van der Waals surface area contributed by atoms with Crippen molar-refractivity contribution in [2.24, 2.45) is 5.10 Å². The van der Waals surface area contributed by atoms with Crippen molar-refractivity contribution < 1.29 is 9.18 Å². The van der Waals surface area contributed by atoms with E-state index in [4.69, 9.17) is 0 Å². The summed E-state index contributed by atoms with van der Waals surface area (Å²) in [7, 11) is 0. The highest BCUT2D eigenvalue weighted by atomic mass is 79.9. The molecule has 0 aliphatic rings. The number of hydrazone groups is 1. The van der Waals surface area contributed by atoms with E-state index in [1.165, 1.54) is 12.1 Å². The van der Waals surface area contributed by atoms with E-state index < -0.39 is 0 Å². The molecule has 2 aromatic rings. The van der Waals surface area contributed by atoms with Crippen molar-refractivity contribution >= 4 is 33.2 Å². The molecule has 0 aliphatic carbocycles. The van der Waals surface area contributed by atoms with Crippen LogP contribution in [0, 0.1) is 5.82 Å². The van der Waals surface area contributed by atoms with Crippen molar-refractivity contribution in [3.8, 4) is 0 Å². The SMILES string of the molecule is C/C(=N\NC(=O)CNc1ccc(F)cc1)c1ccc(Br)cc1. The predicted octanol–water partition coefficient (Wildman–Crippen LogP) is 3.54. The number of halogens is 2. The van der Waals surface area contributed by atoms with Crippen LogP contribution in [0.25, 0.3) is 0 Å². The van der Waals surface area contributed by atoms with Gasteiger partial charge in [0, 0.05) is 10.2 Å². The van der Waals surface area contributed by atoms with Gasteiger partial charge in [-0.3, -0.25) is 4.79 Å². The lowest BCUT2D eigenvalue weighted by molar-refractivity contribution is -0.119. The molecule has 2 N–H and O–H groups in total. The molecule has 4 nitrogen and oxygen atoms in total. The van der Waals surface area contributed by atoms with Crippen LogP contribution in [0.15, 0.2) is 58.1 Å². The van der Waals surface area contributed by atoms with Crippen LogP contribution in [-0.2, 0) is 4.79 Å². The maximum absolute atomic E-state index is 12.8. The fraction of sp³-hybridized carbons (Fsp3) is 0.125. The van der Waals surface area contributed by atoms with Crippen molar-refractivity contribution in [2.75, 3.05) is 11.9 Å². The zero-order chi connectivity index (χ0) is 15.9. The van der Waals surface area contributed by atoms with Gasteiger partial charge in [-0.25, -0.2) is 9.82 Å². The van der Waals surface area contributed by atoms with Gasteiger partial charge in [0.25, 0.3) is 5.91 Å². The zero-order valence-electron chi connectivity index (χ0n) is 11.9. The number of nitrogens with zero attached hydrogens (tertiary/aromatic N) is 1. The van der Waals surface area contributed by atoms with Gasteiger partial charge in [0.2, 0.25) is 0 Å². The summed E-state index contributed by atoms with van der Waals surface area (Å²) in [5.74, 6) is -0.592. The molecule has 6 heteroatoms. The first-order chi connectivity index (χ1) is 10.5. The number of carbonyl (C=O) groups is 1. The van der Waals surface area contributed by atoms with Gasteiger partial charge in [-0.1, -0.05) is 28.1 Å². The summed E-state index contributed by atoms with van der Waals surface area (Å²) in [6.07, 6.45) is 0. The molecule has 0 aromatic heterocycles. The van der Waals surface area contributed by atoms with Gasteiger partial charge in [0.15, 0.2) is 0 Å². The summed E-state index contributed by atoms with van der Waals surface area (Å²) in [5.41, 5.74) is 4.79. The predicted molar refractivity (Wildman–Crippen MR) is 89.4 cm³/mol. The first-order valence-corrected chi connectivity index (χ1v) is 7.42. The number of carbonyl (C=O) groups excluding carboxylic acids is 1. The van der Waals surface area contributed by atoms with Crippen LogP contribution in [0.2, 0.25) is 0 Å². The Morgan fingerprint density at radius 3 is 2.41 bits per heavy atom. The summed E-state index contributed by atoms with van der Waals surface area (Å²) in [6, 6.07) is 13.4. The van der Waals surface area contributed by atoms with Gasteiger partial charge in [-0.05, 0) is 48.9 Å². The molecule has 0 saturated heterocycles. The van der Waals surface area contributed by atoms with Gasteiger partial charge in [0.1, 0.15) is 5.82 Å². The largest absolute Gasteiger partial charge is 0.376 e. The van der Waals surface area contributed by atoms with E-state index in [0.29, 0.717) is 11.4 Å². The van der Waals surface area contributed by atoms with Crippen LogP contribution in [-0.4, -0.2) is 18.2 Å². The molecule has 0 unspecified atom stereocenters. The van der Waals surface area contributed by atoms with Gasteiger partial charge in [-0.15, -0.1) is 0 Å². The average Bonchev–Trinajstić information content (AvgIpc) is 2.52. The van der Waals surface area contributed by atoms with Crippen LogP contribution in [0.5, 0.6) is 0 Å². The third kappa shape index (κ3) is 4.96. The normalized spacial score (nSPS) is 11.1. The molecule has 1 amide bonds. The minimum absolute atomic E-state index is 0.0583. The second-order valence-electron chi connectivity index (χ2n) is 4.60. The molecule has 0 radical (unpaired) electrons. The Kier molecular flexibility index (Phi) is 5.66. The summed E-state index contributed by atoms with van der Waals surface area (Å²) < 4.78 is 13.7. The Morgan fingerprint density at radius 2 is 1.77 bits per heavy atom. The second kappa shape index (κ2) is 7.70. The lowest BCUT2D eigenvalue weighted by Crippen LogP contribution is -2.26. The van der Waals surface area contributed by atoms with Crippen LogP contribution in [0.4, 0.5) is 10.1 Å². The maximum atomic E-state index is 12.8. The maximum Gasteiger partial charge on any atom is 0.259 e. The van der Waals surface area contributed by atoms with Crippen LogP contribution in [0.3, 0.4) is 0 Å². The van der Waals surface area contributed by atoms with Crippen molar-refractivity contribution in [3.63, 3.8) is 0 Å². The Balaban J connectivity index is 1.85. The molecule has 0 spiro atoms. The van der Waals surface area contributed by atoms with E-state index >= 15 is 0 Å². The third-order valence-electron chi connectivity index (χ3n) is 2.91. The summed E-state index contributed by atoms with van der Waals surface area (Å²) in [5, 5.41) is 6.94. The zero-order valence-corrected chi connectivity index (χ0v) is 13.5. The molecular formula is C16H15BrFN3O. The van der Waals surface area contributed by atoms with Gasteiger partial charge in [-0.2, -0.15) is 5.10 Å². The Morgan fingerprint density at radius 1 is 1.14 bits per heavy atom. The topological polar surface area (TPSA) is 53.5 Å². The minimum atomic E-state index is -0.315. The fourth-order valence-corrected chi connectivity index (χ4v) is 1.96. The summed E-state index contributed by atoms with van der Waals surface area (Å²) in [6.45, 7) is 1.87. The van der Waals surface area contributed by atoms with Crippen molar-refractivity contribution in [3.05, 3.63) is 64.4 Å². The van der Waals surface area contributed by atoms with Gasteiger partial charge < -0.3 is 5.32 Å². The number of benzene rings is 2. The van der Waals surface area contributed by atoms with Crippen LogP contribution in [0.1, 0.15) is 12.5 Å². The van der Waals surface area contributed by atoms with E-state index in [-0.39, 0.29) is 18.3 Å². The number of hydrogen-bond acceptors (Lipinski definition) is 3. The van der Waals surface area contributed by atoms with Crippen molar-refractivity contribution in [1.29, 1.82) is 0 Å². The molecule has 114 valence electrons. The number of rotatable bonds is 5. The summed E-state index contributed by atoms with van der Waals surface area (Å²) in [4.78, 5) is 11.7. The van der Waals surface area contributed by atoms with E-state index in [0.717, 1.165) is 10.0 Å². The Labute approximate surface area is 136 Å². The number of hydrogen-bond donors (Lipinski definition) is 2. The molecule has 0 fully saturated rings. The average molecular weight is 364 g/mol. The molecular weight excluding hydrogens is 349 g/mol. The first-order valence-electron chi connectivity index (χ1n) is 6.63. The van der Waals surface area contributed by atoms with E-state index in [1.54, 1.807) is 12.1 Å². The monoisotopic (exact) mass is 363 g/mol. The Hall–Kier alpha value is -2.21. The van der Waals surface area contributed by atoms with Crippen molar-refractivity contribution in [1.82, 2.24) is 5.43 Å². The highest BCUT2D eigenvalue weighted by molar-refractivity contribution is 9.10. The van der Waals surface area contributed by atoms with E-state index in [2.05, 4.69) is 31.8 Å². The van der Waals surface area contributed by atoms with Crippen LogP contribution >= 0.6 is 15.9 Å². The highest BCUT2D eigenvalue weighted by Gasteiger charge is 2.02. The molecule has 0 aliphatic heterocycles. The fourth-order valence-electron chi connectivity index (χ4n) is 1.69. The number of anilines is 1. The smallest absolute Gasteiger partial charge is 0.259 e. The third-order valence-corrected chi connectivity index (χ3v) is 3.44. The lowest BCUT2D eigenvalue weighted by Gasteiger charge is -2.06. The van der Waals surface area contributed by atoms with E-state index in [1.807, 2.05) is 31.2 Å². The lowest BCUT2D eigenvalue weighted by atomic mass is 10.1. The summed E-state index contributed by atoms with van der Waals surface area (Å²) >= 11 is 3.36. The molecule has 0 heterocycles. The molecule has 0 atom stereocenters. The minimum Gasteiger partial charge on any atom is -0.376 e. The van der Waals surface area contributed by atoms with Gasteiger partial charge >= 0.3 is 0 Å². The highest BCUT2D eigenvalue weighted by Crippen LogP contribution is 2.11. The number of nitrogens with one attached hydrogen (secondary N) is 2. The molecule has 2 aromatic carbocycles. The molecule has 2 rings (SSSR count). The Bertz CT molecular complexity index is 669.